The van der Waals surface area contributed by atoms with Crippen molar-refractivity contribution in [3.05, 3.63) is 64.9 Å². The Morgan fingerprint density at radius 3 is 2.71 bits per heavy atom. The molecule has 5 heteroatoms. The number of rotatable bonds is 5. The number of esters is 1. The highest BCUT2D eigenvalue weighted by Crippen LogP contribution is 2.25. The zero-order chi connectivity index (χ0) is 15.2. The SMILES string of the molecule is CCOC(=O)C(Nc1cccc(Cl)c1)c1ccccc1F. The smallest absolute Gasteiger partial charge is 0.333 e. The van der Waals surface area contributed by atoms with Crippen LogP contribution in [-0.4, -0.2) is 12.6 Å². The van der Waals surface area contributed by atoms with Crippen molar-refractivity contribution in [3.8, 4) is 0 Å². The number of benzene rings is 2. The third-order valence-electron chi connectivity index (χ3n) is 2.87. The van der Waals surface area contributed by atoms with Crippen molar-refractivity contribution in [1.29, 1.82) is 0 Å². The zero-order valence-corrected chi connectivity index (χ0v) is 12.2. The summed E-state index contributed by atoms with van der Waals surface area (Å²) in [5.74, 6) is -1.01. The van der Waals surface area contributed by atoms with E-state index < -0.39 is 17.8 Å². The van der Waals surface area contributed by atoms with Gasteiger partial charge < -0.3 is 10.1 Å². The highest BCUT2D eigenvalue weighted by Gasteiger charge is 2.24. The van der Waals surface area contributed by atoms with E-state index in [-0.39, 0.29) is 12.2 Å². The summed E-state index contributed by atoms with van der Waals surface area (Å²) >= 11 is 5.92. The Hall–Kier alpha value is -2.07. The monoisotopic (exact) mass is 307 g/mol. The number of nitrogens with one attached hydrogen (secondary N) is 1. The molecule has 0 spiro atoms. The molecule has 2 aromatic rings. The fourth-order valence-corrected chi connectivity index (χ4v) is 2.13. The quantitative estimate of drug-likeness (QED) is 0.842. The largest absolute Gasteiger partial charge is 0.464 e. The maximum absolute atomic E-state index is 13.9. The first-order chi connectivity index (χ1) is 10.1. The number of ether oxygens (including phenoxy) is 1. The van der Waals surface area contributed by atoms with E-state index in [2.05, 4.69) is 5.32 Å². The van der Waals surface area contributed by atoms with Crippen LogP contribution in [0.3, 0.4) is 0 Å². The number of carbonyl (C=O) groups excluding carboxylic acids is 1. The molecule has 0 heterocycles. The van der Waals surface area contributed by atoms with Crippen LogP contribution in [0, 0.1) is 5.82 Å². The molecule has 0 saturated heterocycles. The van der Waals surface area contributed by atoms with Gasteiger partial charge in [0.1, 0.15) is 5.82 Å². The first kappa shape index (κ1) is 15.3. The minimum atomic E-state index is -0.926. The molecule has 0 radical (unpaired) electrons. The number of hydrogen-bond donors (Lipinski definition) is 1. The topological polar surface area (TPSA) is 38.3 Å². The minimum Gasteiger partial charge on any atom is -0.464 e. The van der Waals surface area contributed by atoms with Crippen LogP contribution in [0.5, 0.6) is 0 Å². The third-order valence-corrected chi connectivity index (χ3v) is 3.11. The van der Waals surface area contributed by atoms with Crippen LogP contribution >= 0.6 is 11.6 Å². The lowest BCUT2D eigenvalue weighted by molar-refractivity contribution is -0.144. The molecule has 2 aromatic carbocycles. The molecule has 0 aliphatic rings. The second-order valence-electron chi connectivity index (χ2n) is 4.36. The van der Waals surface area contributed by atoms with Gasteiger partial charge >= 0.3 is 5.97 Å². The molecule has 0 aliphatic carbocycles. The Balaban J connectivity index is 2.33. The van der Waals surface area contributed by atoms with Crippen LogP contribution in [0.15, 0.2) is 48.5 Å². The lowest BCUT2D eigenvalue weighted by Crippen LogP contribution is -2.24. The lowest BCUT2D eigenvalue weighted by atomic mass is 10.1. The number of halogens is 2. The van der Waals surface area contributed by atoms with Crippen LogP contribution in [0.1, 0.15) is 18.5 Å². The highest BCUT2D eigenvalue weighted by atomic mass is 35.5. The molecule has 1 atom stereocenters. The zero-order valence-electron chi connectivity index (χ0n) is 11.5. The molecule has 0 amide bonds. The van der Waals surface area contributed by atoms with Crippen molar-refractivity contribution < 1.29 is 13.9 Å². The van der Waals surface area contributed by atoms with Gasteiger partial charge in [0.05, 0.1) is 6.61 Å². The summed E-state index contributed by atoms with van der Waals surface area (Å²) in [7, 11) is 0. The first-order valence-electron chi connectivity index (χ1n) is 6.55. The standard InChI is InChI=1S/C16H15ClFNO2/c1-2-21-16(20)15(13-8-3-4-9-14(13)18)19-12-7-5-6-11(17)10-12/h3-10,15,19H,2H2,1H3. The molecule has 2 rings (SSSR count). The Kier molecular flexibility index (Phi) is 5.17. The summed E-state index contributed by atoms with van der Waals surface area (Å²) in [6.45, 7) is 1.93. The van der Waals surface area contributed by atoms with Gasteiger partial charge in [0.2, 0.25) is 0 Å². The second kappa shape index (κ2) is 7.09. The van der Waals surface area contributed by atoms with E-state index in [9.17, 15) is 9.18 Å². The van der Waals surface area contributed by atoms with Crippen molar-refractivity contribution in [2.45, 2.75) is 13.0 Å². The maximum atomic E-state index is 13.9. The average molecular weight is 308 g/mol. The molecule has 0 fully saturated rings. The van der Waals surface area contributed by atoms with Gasteiger partial charge in [-0.3, -0.25) is 0 Å². The van der Waals surface area contributed by atoms with E-state index in [1.165, 1.54) is 6.07 Å². The molecule has 0 aromatic heterocycles. The maximum Gasteiger partial charge on any atom is 0.333 e. The van der Waals surface area contributed by atoms with Gasteiger partial charge in [-0.05, 0) is 31.2 Å². The van der Waals surface area contributed by atoms with Crippen molar-refractivity contribution >= 4 is 23.3 Å². The Labute approximate surface area is 127 Å². The molecular weight excluding hydrogens is 293 g/mol. The summed E-state index contributed by atoms with van der Waals surface area (Å²) in [5, 5.41) is 3.49. The lowest BCUT2D eigenvalue weighted by Gasteiger charge is -2.19. The van der Waals surface area contributed by atoms with Crippen LogP contribution in [0.2, 0.25) is 5.02 Å². The van der Waals surface area contributed by atoms with Crippen LogP contribution in [0.25, 0.3) is 0 Å². The average Bonchev–Trinajstić information content (AvgIpc) is 2.46. The van der Waals surface area contributed by atoms with Gasteiger partial charge in [0, 0.05) is 16.3 Å². The molecule has 110 valence electrons. The van der Waals surface area contributed by atoms with E-state index in [0.29, 0.717) is 10.7 Å². The Morgan fingerprint density at radius 2 is 2.05 bits per heavy atom. The predicted molar refractivity (Wildman–Crippen MR) is 80.8 cm³/mol. The van der Waals surface area contributed by atoms with Crippen molar-refractivity contribution in [3.63, 3.8) is 0 Å². The second-order valence-corrected chi connectivity index (χ2v) is 4.80. The van der Waals surface area contributed by atoms with E-state index >= 15 is 0 Å². The fourth-order valence-electron chi connectivity index (χ4n) is 1.94. The van der Waals surface area contributed by atoms with E-state index in [0.717, 1.165) is 0 Å². The van der Waals surface area contributed by atoms with Crippen LogP contribution in [-0.2, 0) is 9.53 Å². The number of hydrogen-bond acceptors (Lipinski definition) is 3. The minimum absolute atomic E-state index is 0.223. The Morgan fingerprint density at radius 1 is 1.29 bits per heavy atom. The van der Waals surface area contributed by atoms with E-state index in [1.54, 1.807) is 49.4 Å². The molecular formula is C16H15ClFNO2. The summed E-state index contributed by atoms with van der Waals surface area (Å²) < 4.78 is 19.0. The van der Waals surface area contributed by atoms with Crippen LogP contribution in [0.4, 0.5) is 10.1 Å². The van der Waals surface area contributed by atoms with Crippen LogP contribution < -0.4 is 5.32 Å². The van der Waals surface area contributed by atoms with Gasteiger partial charge in [-0.25, -0.2) is 9.18 Å². The summed E-state index contributed by atoms with van der Waals surface area (Å²) in [5.41, 5.74) is 0.847. The molecule has 0 bridgehead atoms. The summed E-state index contributed by atoms with van der Waals surface area (Å²) in [6.07, 6.45) is 0. The number of carbonyl (C=O) groups is 1. The van der Waals surface area contributed by atoms with Crippen molar-refractivity contribution in [2.24, 2.45) is 0 Å². The van der Waals surface area contributed by atoms with Gasteiger partial charge in [-0.15, -0.1) is 0 Å². The van der Waals surface area contributed by atoms with Crippen molar-refractivity contribution in [2.75, 3.05) is 11.9 Å². The summed E-state index contributed by atoms with van der Waals surface area (Å²) in [4.78, 5) is 12.1. The molecule has 21 heavy (non-hydrogen) atoms. The van der Waals surface area contributed by atoms with E-state index in [4.69, 9.17) is 16.3 Å². The van der Waals surface area contributed by atoms with Gasteiger partial charge in [0.25, 0.3) is 0 Å². The molecule has 0 saturated carbocycles. The molecule has 1 unspecified atom stereocenters. The third kappa shape index (κ3) is 3.95. The normalized spacial score (nSPS) is 11.8. The van der Waals surface area contributed by atoms with E-state index in [1.807, 2.05) is 0 Å². The number of anilines is 1. The van der Waals surface area contributed by atoms with Gasteiger partial charge in [0.15, 0.2) is 6.04 Å². The summed E-state index contributed by atoms with van der Waals surface area (Å²) in [6, 6.07) is 12.0. The molecule has 0 aliphatic heterocycles. The van der Waals surface area contributed by atoms with Crippen molar-refractivity contribution in [1.82, 2.24) is 0 Å². The molecule has 3 nitrogen and oxygen atoms in total. The highest BCUT2D eigenvalue weighted by molar-refractivity contribution is 6.30. The van der Waals surface area contributed by atoms with Gasteiger partial charge in [-0.2, -0.15) is 0 Å². The predicted octanol–water partition coefficient (Wildman–Crippen LogP) is 4.20. The first-order valence-corrected chi connectivity index (χ1v) is 6.92. The van der Waals surface area contributed by atoms with Gasteiger partial charge in [-0.1, -0.05) is 35.9 Å². The molecule has 1 N–H and O–H groups in total. The fraction of sp³-hybridized carbons (Fsp3) is 0.188. The Bertz CT molecular complexity index is 633.